The SMILES string of the molecule is CCCCCCCCCCCCCCCCCC[Si](CCCCCCCCCCCCCCCCCC)(OCCOCC)OCCOCC. The van der Waals surface area contributed by atoms with Crippen LogP contribution in [0.15, 0.2) is 0 Å². The zero-order chi connectivity index (χ0) is 35.6. The lowest BCUT2D eigenvalue weighted by molar-refractivity contribution is 0.0636. The van der Waals surface area contributed by atoms with Crippen molar-refractivity contribution in [3.8, 4) is 0 Å². The summed E-state index contributed by atoms with van der Waals surface area (Å²) in [6, 6.07) is 2.25. The minimum Gasteiger partial charge on any atom is -0.392 e. The van der Waals surface area contributed by atoms with Crippen LogP contribution in [0.5, 0.6) is 0 Å². The van der Waals surface area contributed by atoms with Gasteiger partial charge in [-0.3, -0.25) is 0 Å². The first kappa shape index (κ1) is 49.1. The van der Waals surface area contributed by atoms with Crippen molar-refractivity contribution in [2.45, 2.75) is 245 Å². The molecule has 0 rings (SSSR count). The van der Waals surface area contributed by atoms with E-state index in [9.17, 15) is 0 Å². The fourth-order valence-electron chi connectivity index (χ4n) is 7.20. The highest BCUT2D eigenvalue weighted by Crippen LogP contribution is 2.27. The number of hydrogen-bond acceptors (Lipinski definition) is 4. The molecule has 0 heterocycles. The predicted octanol–water partition coefficient (Wildman–Crippen LogP) is 15.1. The van der Waals surface area contributed by atoms with E-state index in [2.05, 4.69) is 27.7 Å². The Balaban J connectivity index is 4.25. The van der Waals surface area contributed by atoms with E-state index in [4.69, 9.17) is 18.3 Å². The Kier molecular flexibility index (Phi) is 42.5. The van der Waals surface area contributed by atoms with Gasteiger partial charge in [-0.2, -0.15) is 0 Å². The highest BCUT2D eigenvalue weighted by molar-refractivity contribution is 6.67. The van der Waals surface area contributed by atoms with E-state index in [1.807, 2.05) is 0 Å². The molecule has 0 radical (unpaired) electrons. The number of rotatable bonds is 44. The van der Waals surface area contributed by atoms with Gasteiger partial charge >= 0.3 is 8.56 Å². The normalized spacial score (nSPS) is 12.0. The zero-order valence-electron chi connectivity index (χ0n) is 34.4. The summed E-state index contributed by atoms with van der Waals surface area (Å²) in [5.41, 5.74) is 0. The standard InChI is InChI=1S/C44H92O4Si/c1-5-9-11-13-15-17-19-21-23-25-27-29-31-33-35-37-43-49(47-41-39-45-7-3,48-42-40-46-8-4)44-38-36-34-32-30-28-26-24-22-20-18-16-14-12-10-6-2/h5-44H2,1-4H3. The molecule has 0 aliphatic heterocycles. The fourth-order valence-corrected chi connectivity index (χ4v) is 10.6. The molecule has 0 aromatic rings. The topological polar surface area (TPSA) is 36.9 Å². The average molecular weight is 713 g/mol. The Morgan fingerprint density at radius 1 is 0.265 bits per heavy atom. The highest BCUT2D eigenvalue weighted by atomic mass is 28.4. The zero-order valence-corrected chi connectivity index (χ0v) is 35.4. The van der Waals surface area contributed by atoms with E-state index in [-0.39, 0.29) is 0 Å². The minimum atomic E-state index is -2.27. The Hall–Kier alpha value is 0.0569. The van der Waals surface area contributed by atoms with Gasteiger partial charge in [-0.1, -0.05) is 219 Å². The smallest absolute Gasteiger partial charge is 0.338 e. The first-order chi connectivity index (χ1) is 24.2. The summed E-state index contributed by atoms with van der Waals surface area (Å²) in [5, 5.41) is 0. The number of unbranched alkanes of at least 4 members (excludes halogenated alkanes) is 30. The van der Waals surface area contributed by atoms with Crippen LogP contribution < -0.4 is 0 Å². The molecule has 0 spiro atoms. The predicted molar refractivity (Wildman–Crippen MR) is 219 cm³/mol. The quantitative estimate of drug-likeness (QED) is 0.0465. The Bertz CT molecular complexity index is 539. The van der Waals surface area contributed by atoms with Crippen LogP contribution in [0, 0.1) is 0 Å². The van der Waals surface area contributed by atoms with Crippen LogP contribution in [0.4, 0.5) is 0 Å². The van der Waals surface area contributed by atoms with Gasteiger partial charge in [0.25, 0.3) is 0 Å². The third kappa shape index (κ3) is 37.6. The maximum Gasteiger partial charge on any atom is 0.338 e. The molecule has 0 atom stereocenters. The van der Waals surface area contributed by atoms with Gasteiger partial charge in [0.15, 0.2) is 0 Å². The lowest BCUT2D eigenvalue weighted by Crippen LogP contribution is -2.44. The summed E-state index contributed by atoms with van der Waals surface area (Å²) in [4.78, 5) is 0. The van der Waals surface area contributed by atoms with Crippen molar-refractivity contribution in [2.24, 2.45) is 0 Å². The van der Waals surface area contributed by atoms with E-state index in [0.29, 0.717) is 26.4 Å². The second-order valence-corrected chi connectivity index (χ2v) is 18.5. The molecule has 0 amide bonds. The maximum atomic E-state index is 6.70. The largest absolute Gasteiger partial charge is 0.392 e. The van der Waals surface area contributed by atoms with Crippen molar-refractivity contribution in [3.63, 3.8) is 0 Å². The molecule has 0 unspecified atom stereocenters. The van der Waals surface area contributed by atoms with Crippen LogP contribution in [0.25, 0.3) is 0 Å². The summed E-state index contributed by atoms with van der Waals surface area (Å²) < 4.78 is 24.7. The second kappa shape index (κ2) is 42.5. The summed E-state index contributed by atoms with van der Waals surface area (Å²) in [5.74, 6) is 0. The van der Waals surface area contributed by atoms with E-state index in [1.165, 1.54) is 205 Å². The summed E-state index contributed by atoms with van der Waals surface area (Å²) >= 11 is 0. The van der Waals surface area contributed by atoms with Crippen LogP contribution >= 0.6 is 0 Å². The van der Waals surface area contributed by atoms with Crippen LogP contribution in [-0.4, -0.2) is 48.2 Å². The molecule has 4 nitrogen and oxygen atoms in total. The molecule has 49 heavy (non-hydrogen) atoms. The Labute approximate surface area is 311 Å². The summed E-state index contributed by atoms with van der Waals surface area (Å²) in [7, 11) is -2.27. The van der Waals surface area contributed by atoms with Gasteiger partial charge in [0.05, 0.1) is 26.4 Å². The molecular weight excluding hydrogens is 621 g/mol. The van der Waals surface area contributed by atoms with Gasteiger partial charge in [0.2, 0.25) is 0 Å². The lowest BCUT2D eigenvalue weighted by Gasteiger charge is -2.31. The van der Waals surface area contributed by atoms with Gasteiger partial charge in [-0.05, 0) is 25.9 Å². The van der Waals surface area contributed by atoms with Gasteiger partial charge in [0.1, 0.15) is 0 Å². The van der Waals surface area contributed by atoms with Gasteiger partial charge < -0.3 is 18.3 Å². The highest BCUT2D eigenvalue weighted by Gasteiger charge is 2.36. The van der Waals surface area contributed by atoms with Crippen LogP contribution in [0.2, 0.25) is 12.1 Å². The molecule has 0 aliphatic carbocycles. The van der Waals surface area contributed by atoms with Gasteiger partial charge in [-0.15, -0.1) is 0 Å². The van der Waals surface area contributed by atoms with Crippen molar-refractivity contribution in [1.82, 2.24) is 0 Å². The number of ether oxygens (including phenoxy) is 2. The van der Waals surface area contributed by atoms with Crippen molar-refractivity contribution in [2.75, 3.05) is 39.6 Å². The van der Waals surface area contributed by atoms with Crippen molar-refractivity contribution < 1.29 is 18.3 Å². The molecule has 0 aliphatic rings. The van der Waals surface area contributed by atoms with Crippen LogP contribution in [0.1, 0.15) is 233 Å². The molecule has 0 saturated carbocycles. The van der Waals surface area contributed by atoms with Gasteiger partial charge in [-0.25, -0.2) is 0 Å². The first-order valence-electron chi connectivity index (χ1n) is 22.7. The monoisotopic (exact) mass is 713 g/mol. The van der Waals surface area contributed by atoms with Gasteiger partial charge in [0, 0.05) is 13.2 Å². The summed E-state index contributed by atoms with van der Waals surface area (Å²) in [6.45, 7) is 12.9. The number of hydrogen-bond donors (Lipinski definition) is 0. The molecule has 0 N–H and O–H groups in total. The van der Waals surface area contributed by atoms with E-state index < -0.39 is 8.56 Å². The minimum absolute atomic E-state index is 0.673. The van der Waals surface area contributed by atoms with E-state index in [1.54, 1.807) is 0 Å². The van der Waals surface area contributed by atoms with Crippen molar-refractivity contribution >= 4 is 8.56 Å². The van der Waals surface area contributed by atoms with Crippen LogP contribution in [-0.2, 0) is 18.3 Å². The molecular formula is C44H92O4Si. The van der Waals surface area contributed by atoms with Crippen LogP contribution in [0.3, 0.4) is 0 Å². The summed E-state index contributed by atoms with van der Waals surface area (Å²) in [6.07, 6.45) is 45.1. The third-order valence-corrected chi connectivity index (χ3v) is 14.1. The Morgan fingerprint density at radius 3 is 0.714 bits per heavy atom. The molecule has 0 aromatic carbocycles. The second-order valence-electron chi connectivity index (χ2n) is 15.1. The molecule has 296 valence electrons. The fraction of sp³-hybridized carbons (Fsp3) is 1.00. The molecule has 0 aromatic heterocycles. The molecule has 0 bridgehead atoms. The van der Waals surface area contributed by atoms with E-state index >= 15 is 0 Å². The van der Waals surface area contributed by atoms with E-state index in [0.717, 1.165) is 25.3 Å². The first-order valence-corrected chi connectivity index (χ1v) is 24.9. The lowest BCUT2D eigenvalue weighted by atomic mass is 10.0. The van der Waals surface area contributed by atoms with Crippen molar-refractivity contribution in [3.05, 3.63) is 0 Å². The molecule has 0 saturated heterocycles. The van der Waals surface area contributed by atoms with Crippen molar-refractivity contribution in [1.29, 1.82) is 0 Å². The molecule has 5 heteroatoms. The maximum absolute atomic E-state index is 6.70. The third-order valence-electron chi connectivity index (χ3n) is 10.4. The Morgan fingerprint density at radius 2 is 0.490 bits per heavy atom. The molecule has 0 fully saturated rings. The average Bonchev–Trinajstić information content (AvgIpc) is 3.11.